The van der Waals surface area contributed by atoms with Gasteiger partial charge in [0.15, 0.2) is 5.96 Å². The molecule has 15 nitrogen and oxygen atoms in total. The predicted octanol–water partition coefficient (Wildman–Crippen LogP) is -4.46. The SMILES string of the molecule is NCCCCC(NC(=O)C(CCCN=C(N)N)NC(=O)C(N)CC(N)=O)C(=O)NCC(=O)O. The van der Waals surface area contributed by atoms with Crippen molar-refractivity contribution < 1.29 is 29.1 Å². The molecule has 15 heteroatoms. The van der Waals surface area contributed by atoms with E-state index in [1.54, 1.807) is 0 Å². The summed E-state index contributed by atoms with van der Waals surface area (Å²) in [6.45, 7) is -0.0737. The number of amides is 4. The molecule has 0 spiro atoms. The van der Waals surface area contributed by atoms with Crippen LogP contribution < -0.4 is 44.6 Å². The fraction of sp³-hybridized carbons (Fsp3) is 0.667. The van der Waals surface area contributed by atoms with E-state index in [0.717, 1.165) is 0 Å². The number of primary amides is 1. The summed E-state index contributed by atoms with van der Waals surface area (Å²) in [4.78, 5) is 63.1. The standard InChI is InChI=1S/C18H35N9O6/c19-6-2-1-4-11(16(32)25-9-14(29)30)27-17(33)12(5-3-7-24-18(22)23)26-15(31)10(20)8-13(21)28/h10-12H,1-9,19-20H2,(H2,21,28)(H,25,32)(H,26,31)(H,27,33)(H,29,30)(H4,22,23,24). The molecule has 0 saturated carbocycles. The molecule has 33 heavy (non-hydrogen) atoms. The Bertz CT molecular complexity index is 712. The van der Waals surface area contributed by atoms with Gasteiger partial charge in [0.2, 0.25) is 23.6 Å². The lowest BCUT2D eigenvalue weighted by Crippen LogP contribution is -2.56. The Labute approximate surface area is 191 Å². The Hall–Kier alpha value is -3.46. The lowest BCUT2D eigenvalue weighted by atomic mass is 10.1. The van der Waals surface area contributed by atoms with Gasteiger partial charge in [-0.3, -0.25) is 29.0 Å². The summed E-state index contributed by atoms with van der Waals surface area (Å²) in [5.41, 5.74) is 26.7. The second-order valence-corrected chi connectivity index (χ2v) is 7.24. The van der Waals surface area contributed by atoms with Crippen LogP contribution in [0.4, 0.5) is 0 Å². The molecule has 0 aliphatic rings. The van der Waals surface area contributed by atoms with Gasteiger partial charge in [-0.15, -0.1) is 0 Å². The molecular formula is C18H35N9O6. The Morgan fingerprint density at radius 2 is 1.42 bits per heavy atom. The van der Waals surface area contributed by atoms with Crippen LogP contribution in [0.15, 0.2) is 4.99 Å². The summed E-state index contributed by atoms with van der Waals surface area (Å²) in [6.07, 6.45) is 1.23. The summed E-state index contributed by atoms with van der Waals surface area (Å²) in [6, 6.07) is -3.45. The topological polar surface area (TPSA) is 284 Å². The van der Waals surface area contributed by atoms with Crippen LogP contribution in [0.3, 0.4) is 0 Å². The molecule has 0 heterocycles. The van der Waals surface area contributed by atoms with Crippen LogP contribution in [0, 0.1) is 0 Å². The van der Waals surface area contributed by atoms with Crippen molar-refractivity contribution >= 4 is 35.6 Å². The van der Waals surface area contributed by atoms with Crippen molar-refractivity contribution in [2.24, 2.45) is 33.7 Å². The van der Waals surface area contributed by atoms with Gasteiger partial charge in [0.05, 0.1) is 12.5 Å². The highest BCUT2D eigenvalue weighted by atomic mass is 16.4. The second kappa shape index (κ2) is 16.2. The van der Waals surface area contributed by atoms with E-state index >= 15 is 0 Å². The molecule has 0 aliphatic carbocycles. The lowest BCUT2D eigenvalue weighted by molar-refractivity contribution is -0.138. The van der Waals surface area contributed by atoms with Crippen LogP contribution in [0.2, 0.25) is 0 Å². The van der Waals surface area contributed by atoms with Crippen LogP contribution in [-0.4, -0.2) is 78.4 Å². The number of carboxylic acids is 1. The van der Waals surface area contributed by atoms with Gasteiger partial charge >= 0.3 is 5.97 Å². The normalized spacial score (nSPS) is 13.2. The Balaban J connectivity index is 5.36. The van der Waals surface area contributed by atoms with Crippen LogP contribution >= 0.6 is 0 Å². The number of nitrogens with two attached hydrogens (primary N) is 5. The van der Waals surface area contributed by atoms with E-state index in [9.17, 15) is 24.0 Å². The molecule has 0 rings (SSSR count). The average molecular weight is 474 g/mol. The zero-order valence-corrected chi connectivity index (χ0v) is 18.4. The van der Waals surface area contributed by atoms with E-state index in [4.69, 9.17) is 33.8 Å². The first-order valence-electron chi connectivity index (χ1n) is 10.4. The zero-order chi connectivity index (χ0) is 25.4. The fourth-order valence-electron chi connectivity index (χ4n) is 2.68. The first-order chi connectivity index (χ1) is 15.5. The lowest BCUT2D eigenvalue weighted by Gasteiger charge is -2.24. The summed E-state index contributed by atoms with van der Waals surface area (Å²) in [5.74, 6) is -4.36. The number of nitrogens with zero attached hydrogens (tertiary/aromatic N) is 1. The van der Waals surface area contributed by atoms with Crippen LogP contribution in [0.1, 0.15) is 38.5 Å². The molecule has 0 aliphatic heterocycles. The quantitative estimate of drug-likeness (QED) is 0.0554. The average Bonchev–Trinajstić information content (AvgIpc) is 2.72. The number of nitrogens with one attached hydrogen (secondary N) is 3. The molecule has 0 aromatic heterocycles. The van der Waals surface area contributed by atoms with E-state index in [-0.39, 0.29) is 25.3 Å². The van der Waals surface area contributed by atoms with Gasteiger partial charge in [-0.05, 0) is 38.6 Å². The van der Waals surface area contributed by atoms with Crippen molar-refractivity contribution in [2.75, 3.05) is 19.6 Å². The van der Waals surface area contributed by atoms with Gasteiger partial charge in [-0.25, -0.2) is 0 Å². The highest BCUT2D eigenvalue weighted by Crippen LogP contribution is 2.05. The number of carboxylic acid groups (broad SMARTS) is 1. The van der Waals surface area contributed by atoms with Crippen LogP contribution in [-0.2, 0) is 24.0 Å². The number of guanidine groups is 1. The van der Waals surface area contributed by atoms with Gasteiger partial charge in [0.1, 0.15) is 18.6 Å². The van der Waals surface area contributed by atoms with Crippen molar-refractivity contribution in [2.45, 2.75) is 56.7 Å². The summed E-state index contributed by atoms with van der Waals surface area (Å²) >= 11 is 0. The number of hydrogen-bond acceptors (Lipinski definition) is 8. The highest BCUT2D eigenvalue weighted by molar-refractivity contribution is 5.94. The molecule has 0 aromatic rings. The van der Waals surface area contributed by atoms with Gasteiger partial charge < -0.3 is 49.7 Å². The Morgan fingerprint density at radius 3 is 1.97 bits per heavy atom. The molecule has 0 radical (unpaired) electrons. The maximum atomic E-state index is 12.9. The summed E-state index contributed by atoms with van der Waals surface area (Å²) < 4.78 is 0. The number of carbonyl (C=O) groups is 5. The zero-order valence-electron chi connectivity index (χ0n) is 18.4. The van der Waals surface area contributed by atoms with Crippen molar-refractivity contribution in [3.63, 3.8) is 0 Å². The number of carbonyl (C=O) groups excluding carboxylic acids is 4. The molecule has 188 valence electrons. The first kappa shape index (κ1) is 29.5. The monoisotopic (exact) mass is 473 g/mol. The van der Waals surface area contributed by atoms with Gasteiger partial charge in [-0.1, -0.05) is 0 Å². The maximum Gasteiger partial charge on any atom is 0.322 e. The second-order valence-electron chi connectivity index (χ2n) is 7.24. The molecule has 4 amide bonds. The third-order valence-electron chi connectivity index (χ3n) is 4.33. The van der Waals surface area contributed by atoms with E-state index in [1.165, 1.54) is 0 Å². The van der Waals surface area contributed by atoms with Crippen molar-refractivity contribution in [3.8, 4) is 0 Å². The molecule has 14 N–H and O–H groups in total. The first-order valence-corrected chi connectivity index (χ1v) is 10.4. The number of hydrogen-bond donors (Lipinski definition) is 9. The minimum Gasteiger partial charge on any atom is -0.480 e. The third kappa shape index (κ3) is 14.3. The Morgan fingerprint density at radius 1 is 0.848 bits per heavy atom. The van der Waals surface area contributed by atoms with Crippen molar-refractivity contribution in [1.29, 1.82) is 0 Å². The summed E-state index contributed by atoms with van der Waals surface area (Å²) in [7, 11) is 0. The highest BCUT2D eigenvalue weighted by Gasteiger charge is 2.28. The van der Waals surface area contributed by atoms with Crippen molar-refractivity contribution in [3.05, 3.63) is 0 Å². The molecule has 0 fully saturated rings. The number of rotatable bonds is 17. The molecule has 0 bridgehead atoms. The smallest absolute Gasteiger partial charge is 0.322 e. The van der Waals surface area contributed by atoms with E-state index in [1.807, 2.05) is 0 Å². The van der Waals surface area contributed by atoms with Gasteiger partial charge in [0.25, 0.3) is 0 Å². The molecule has 0 saturated heterocycles. The number of unbranched alkanes of at least 4 members (excludes halogenated alkanes) is 1. The molecule has 3 atom stereocenters. The minimum absolute atomic E-state index is 0.0872. The van der Waals surface area contributed by atoms with E-state index in [0.29, 0.717) is 25.8 Å². The summed E-state index contributed by atoms with van der Waals surface area (Å²) in [5, 5.41) is 15.9. The van der Waals surface area contributed by atoms with E-state index in [2.05, 4.69) is 20.9 Å². The fourth-order valence-corrected chi connectivity index (χ4v) is 2.68. The van der Waals surface area contributed by atoms with Gasteiger partial charge in [0, 0.05) is 6.54 Å². The Kier molecular flexibility index (Phi) is 14.5. The molecule has 3 unspecified atom stereocenters. The van der Waals surface area contributed by atoms with Crippen molar-refractivity contribution in [1.82, 2.24) is 16.0 Å². The largest absolute Gasteiger partial charge is 0.480 e. The maximum absolute atomic E-state index is 12.9. The molecule has 0 aromatic carbocycles. The van der Waals surface area contributed by atoms with Crippen LogP contribution in [0.5, 0.6) is 0 Å². The third-order valence-corrected chi connectivity index (χ3v) is 4.33. The minimum atomic E-state index is -1.27. The number of aliphatic carboxylic acids is 1. The number of aliphatic imine (C=N–C) groups is 1. The van der Waals surface area contributed by atoms with Crippen LogP contribution in [0.25, 0.3) is 0 Å². The van der Waals surface area contributed by atoms with E-state index < -0.39 is 60.7 Å². The molecular weight excluding hydrogens is 438 g/mol. The van der Waals surface area contributed by atoms with Gasteiger partial charge in [-0.2, -0.15) is 0 Å². The predicted molar refractivity (Wildman–Crippen MR) is 119 cm³/mol.